The van der Waals surface area contributed by atoms with Crippen molar-refractivity contribution >= 4 is 11.8 Å². The number of aryl methyl sites for hydroxylation is 2. The van der Waals surface area contributed by atoms with E-state index in [9.17, 15) is 14.7 Å². The highest BCUT2D eigenvalue weighted by Gasteiger charge is 2.26. The Morgan fingerprint density at radius 3 is 2.51 bits per heavy atom. The Hall–Kier alpha value is -4.67. The lowest BCUT2D eigenvalue weighted by Crippen LogP contribution is -2.29. The molecule has 39 heavy (non-hydrogen) atoms. The van der Waals surface area contributed by atoms with Gasteiger partial charge in [-0.05, 0) is 57.9 Å². The fourth-order valence-electron chi connectivity index (χ4n) is 4.74. The van der Waals surface area contributed by atoms with Crippen LogP contribution in [0.15, 0.2) is 48.8 Å². The van der Waals surface area contributed by atoms with E-state index in [1.54, 1.807) is 13.1 Å². The van der Waals surface area contributed by atoms with Crippen molar-refractivity contribution in [3.63, 3.8) is 0 Å². The maximum atomic E-state index is 13.0. The first-order chi connectivity index (χ1) is 18.6. The Morgan fingerprint density at radius 2 is 1.82 bits per heavy atom. The molecule has 200 valence electrons. The quantitative estimate of drug-likeness (QED) is 0.347. The van der Waals surface area contributed by atoms with E-state index in [2.05, 4.69) is 36.0 Å². The maximum absolute atomic E-state index is 13.0. The van der Waals surface area contributed by atoms with Crippen molar-refractivity contribution in [3.8, 4) is 17.1 Å². The van der Waals surface area contributed by atoms with Gasteiger partial charge in [-0.1, -0.05) is 45.0 Å². The van der Waals surface area contributed by atoms with E-state index in [1.165, 1.54) is 17.2 Å². The number of aromatic nitrogens is 6. The van der Waals surface area contributed by atoms with Crippen molar-refractivity contribution in [3.05, 3.63) is 82.4 Å². The van der Waals surface area contributed by atoms with Gasteiger partial charge in [0.05, 0.1) is 13.1 Å². The molecule has 0 saturated carbocycles. The molecule has 0 unspecified atom stereocenters. The lowest BCUT2D eigenvalue weighted by molar-refractivity contribution is 0.0931. The Labute approximate surface area is 225 Å². The van der Waals surface area contributed by atoms with E-state index in [0.29, 0.717) is 5.82 Å². The first kappa shape index (κ1) is 26.0. The molecule has 1 aliphatic carbocycles. The molecule has 0 bridgehead atoms. The number of nitrogens with zero attached hydrogens (tertiary/aromatic N) is 6. The monoisotopic (exact) mass is 526 g/mol. The number of nitrogens with one attached hydrogen (secondary N) is 2. The summed E-state index contributed by atoms with van der Waals surface area (Å²) in [5.74, 6) is -0.0856. The fourth-order valence-corrected chi connectivity index (χ4v) is 4.74. The number of rotatable bonds is 6. The SMILES string of the molecule is Cn1nnc(-c2ccc3c(c2)CC[C@@H]3NC(=O)c2cc(C(=O)NCc3ccc(C(C)(C)C)c(O)c3)ncn2)n1. The van der Waals surface area contributed by atoms with Gasteiger partial charge >= 0.3 is 0 Å². The zero-order valence-corrected chi connectivity index (χ0v) is 22.3. The van der Waals surface area contributed by atoms with Crippen molar-refractivity contribution in [2.75, 3.05) is 0 Å². The third-order valence-electron chi connectivity index (χ3n) is 6.75. The molecular weight excluding hydrogens is 496 g/mol. The number of hydrogen-bond acceptors (Lipinski definition) is 8. The van der Waals surface area contributed by atoms with Crippen LogP contribution in [-0.2, 0) is 25.4 Å². The lowest BCUT2D eigenvalue weighted by atomic mass is 9.86. The number of hydrogen-bond donors (Lipinski definition) is 3. The number of aromatic hydroxyl groups is 1. The number of carbonyl (C=O) groups excluding carboxylic acids is 2. The molecule has 1 aliphatic rings. The van der Waals surface area contributed by atoms with E-state index >= 15 is 0 Å². The van der Waals surface area contributed by atoms with Gasteiger partial charge in [0, 0.05) is 18.2 Å². The molecule has 2 heterocycles. The van der Waals surface area contributed by atoms with Gasteiger partial charge in [-0.25, -0.2) is 9.97 Å². The second-order valence-corrected chi connectivity index (χ2v) is 10.7. The van der Waals surface area contributed by atoms with Crippen LogP contribution < -0.4 is 10.6 Å². The summed E-state index contributed by atoms with van der Waals surface area (Å²) in [7, 11) is 1.72. The Kier molecular flexibility index (Phi) is 6.81. The highest BCUT2D eigenvalue weighted by molar-refractivity contribution is 5.97. The highest BCUT2D eigenvalue weighted by atomic mass is 16.3. The Bertz CT molecular complexity index is 1560. The summed E-state index contributed by atoms with van der Waals surface area (Å²) in [5.41, 5.74) is 4.60. The van der Waals surface area contributed by atoms with E-state index in [1.807, 2.05) is 51.1 Å². The molecule has 0 radical (unpaired) electrons. The number of benzene rings is 2. The predicted molar refractivity (Wildman–Crippen MR) is 143 cm³/mol. The number of carbonyl (C=O) groups is 2. The average molecular weight is 527 g/mol. The second kappa shape index (κ2) is 10.2. The Balaban J connectivity index is 1.22. The normalized spacial score (nSPS) is 14.6. The van der Waals surface area contributed by atoms with Crippen LogP contribution in [0.5, 0.6) is 5.75 Å². The standard InChI is InChI=1S/C28H30N8O3/c1-28(2,3)20-9-5-16(11-24(20)37)14-29-26(38)22-13-23(31-15-30-22)27(39)32-21-10-7-17-12-18(6-8-19(17)21)25-33-35-36(4)34-25/h5-6,8-9,11-13,15,21,37H,7,10,14H2,1-4H3,(H,29,38)(H,32,39)/t21-/m0/s1. The molecule has 5 rings (SSSR count). The zero-order valence-electron chi connectivity index (χ0n) is 22.3. The predicted octanol–water partition coefficient (Wildman–Crippen LogP) is 3.02. The van der Waals surface area contributed by atoms with Crippen LogP contribution in [0.3, 0.4) is 0 Å². The summed E-state index contributed by atoms with van der Waals surface area (Å²) in [6.07, 6.45) is 2.76. The molecule has 1 atom stereocenters. The zero-order chi connectivity index (χ0) is 27.7. The lowest BCUT2D eigenvalue weighted by Gasteiger charge is -2.20. The smallest absolute Gasteiger partial charge is 0.270 e. The largest absolute Gasteiger partial charge is 0.508 e. The molecule has 0 saturated heterocycles. The average Bonchev–Trinajstić information content (AvgIpc) is 3.52. The molecule has 11 nitrogen and oxygen atoms in total. The van der Waals surface area contributed by atoms with Crippen molar-refractivity contribution in [2.45, 2.75) is 51.6 Å². The van der Waals surface area contributed by atoms with Gasteiger partial charge in [0.25, 0.3) is 11.8 Å². The van der Waals surface area contributed by atoms with E-state index in [-0.39, 0.29) is 41.0 Å². The summed E-state index contributed by atoms with van der Waals surface area (Å²) < 4.78 is 0. The number of amides is 2. The van der Waals surface area contributed by atoms with Crippen LogP contribution in [0.25, 0.3) is 11.4 Å². The minimum atomic E-state index is -0.442. The van der Waals surface area contributed by atoms with Gasteiger partial charge in [0.2, 0.25) is 5.82 Å². The molecule has 2 aromatic carbocycles. The van der Waals surface area contributed by atoms with Gasteiger partial charge in [-0.3, -0.25) is 9.59 Å². The number of phenols is 1. The summed E-state index contributed by atoms with van der Waals surface area (Å²) in [6, 6.07) is 12.5. The van der Waals surface area contributed by atoms with Gasteiger partial charge in [-0.15, -0.1) is 10.2 Å². The van der Waals surface area contributed by atoms with E-state index < -0.39 is 5.91 Å². The molecule has 0 spiro atoms. The van der Waals surface area contributed by atoms with Crippen LogP contribution in [0, 0.1) is 0 Å². The van der Waals surface area contributed by atoms with Crippen LogP contribution in [0.4, 0.5) is 0 Å². The molecule has 2 aromatic heterocycles. The fraction of sp³-hybridized carbons (Fsp3) is 0.321. The summed E-state index contributed by atoms with van der Waals surface area (Å²) in [4.78, 5) is 35.3. The number of phenolic OH excluding ortho intramolecular Hbond substituents is 1. The highest BCUT2D eigenvalue weighted by Crippen LogP contribution is 2.34. The number of tetrazole rings is 1. The number of fused-ring (bicyclic) bond motifs is 1. The van der Waals surface area contributed by atoms with Crippen molar-refractivity contribution in [1.29, 1.82) is 0 Å². The van der Waals surface area contributed by atoms with E-state index in [0.717, 1.165) is 40.7 Å². The third-order valence-corrected chi connectivity index (χ3v) is 6.75. The summed E-state index contributed by atoms with van der Waals surface area (Å²) in [6.45, 7) is 6.26. The molecule has 0 aliphatic heterocycles. The third kappa shape index (κ3) is 5.62. The van der Waals surface area contributed by atoms with Crippen molar-refractivity contribution in [1.82, 2.24) is 40.8 Å². The Morgan fingerprint density at radius 1 is 1.05 bits per heavy atom. The minimum Gasteiger partial charge on any atom is -0.508 e. The maximum Gasteiger partial charge on any atom is 0.270 e. The van der Waals surface area contributed by atoms with Gasteiger partial charge in [0.15, 0.2) is 0 Å². The van der Waals surface area contributed by atoms with Gasteiger partial charge < -0.3 is 15.7 Å². The summed E-state index contributed by atoms with van der Waals surface area (Å²) >= 11 is 0. The van der Waals surface area contributed by atoms with E-state index in [4.69, 9.17) is 0 Å². The van der Waals surface area contributed by atoms with Crippen molar-refractivity contribution < 1.29 is 14.7 Å². The van der Waals surface area contributed by atoms with Gasteiger partial charge in [0.1, 0.15) is 23.5 Å². The minimum absolute atomic E-state index is 0.0821. The van der Waals surface area contributed by atoms with Crippen LogP contribution in [0.1, 0.15) is 76.5 Å². The van der Waals surface area contributed by atoms with Gasteiger partial charge in [-0.2, -0.15) is 4.80 Å². The molecule has 11 heteroatoms. The summed E-state index contributed by atoms with van der Waals surface area (Å²) in [5, 5.41) is 28.4. The molecule has 3 N–H and O–H groups in total. The van der Waals surface area contributed by atoms with Crippen molar-refractivity contribution in [2.24, 2.45) is 7.05 Å². The molecule has 4 aromatic rings. The molecule has 0 fully saturated rings. The first-order valence-corrected chi connectivity index (χ1v) is 12.7. The first-order valence-electron chi connectivity index (χ1n) is 12.7. The molecular formula is C28H30N8O3. The topological polar surface area (TPSA) is 148 Å². The molecule has 2 amide bonds. The van der Waals surface area contributed by atoms with Crippen LogP contribution >= 0.6 is 0 Å². The van der Waals surface area contributed by atoms with Crippen LogP contribution in [0.2, 0.25) is 0 Å². The van der Waals surface area contributed by atoms with Crippen LogP contribution in [-0.4, -0.2) is 47.1 Å². The second-order valence-electron chi connectivity index (χ2n) is 10.7.